The van der Waals surface area contributed by atoms with E-state index < -0.39 is 52.6 Å². The van der Waals surface area contributed by atoms with Crippen LogP contribution >= 0.6 is 24.8 Å². The van der Waals surface area contributed by atoms with E-state index in [2.05, 4.69) is 4.98 Å². The van der Waals surface area contributed by atoms with Crippen LogP contribution < -0.4 is 0 Å². The summed E-state index contributed by atoms with van der Waals surface area (Å²) in [6.07, 6.45) is -5.32. The number of piperazine rings is 1. The number of rotatable bonds is 7. The number of amides is 1. The Morgan fingerprint density at radius 2 is 1.52 bits per heavy atom. The first-order valence-corrected chi connectivity index (χ1v) is 12.5. The first-order chi connectivity index (χ1) is 18.8. The molecular formula is C28H27Cl2F8N3O. The quantitative estimate of drug-likeness (QED) is 0.255. The van der Waals surface area contributed by atoms with Crippen LogP contribution in [0.4, 0.5) is 35.1 Å². The Labute approximate surface area is 249 Å². The van der Waals surface area contributed by atoms with Crippen molar-refractivity contribution in [2.45, 2.75) is 37.7 Å². The smallest absolute Gasteiger partial charge is 0.333 e. The number of hydrogen-bond acceptors (Lipinski definition) is 3. The van der Waals surface area contributed by atoms with Gasteiger partial charge < -0.3 is 4.90 Å². The summed E-state index contributed by atoms with van der Waals surface area (Å²) in [5, 5.41) is 0. The zero-order chi connectivity index (χ0) is 29.1. The molecule has 4 rings (SSSR count). The Morgan fingerprint density at radius 3 is 2.10 bits per heavy atom. The molecule has 0 N–H and O–H groups in total. The van der Waals surface area contributed by atoms with Gasteiger partial charge >= 0.3 is 12.4 Å². The number of alkyl halides is 6. The van der Waals surface area contributed by atoms with E-state index in [0.29, 0.717) is 30.8 Å². The summed E-state index contributed by atoms with van der Waals surface area (Å²) in [7, 11) is 0. The lowest BCUT2D eigenvalue weighted by Crippen LogP contribution is -2.56. The number of hydrogen-bond donors (Lipinski definition) is 0. The van der Waals surface area contributed by atoms with Crippen molar-refractivity contribution in [3.63, 3.8) is 0 Å². The van der Waals surface area contributed by atoms with Gasteiger partial charge in [-0.25, -0.2) is 8.78 Å². The maximum absolute atomic E-state index is 13.9. The van der Waals surface area contributed by atoms with Crippen LogP contribution in [0.1, 0.15) is 39.0 Å². The van der Waals surface area contributed by atoms with Crippen LogP contribution in [-0.2, 0) is 25.2 Å². The molecule has 2 aromatic carbocycles. The lowest BCUT2D eigenvalue weighted by atomic mass is 9.98. The second-order valence-electron chi connectivity index (χ2n) is 9.66. The molecule has 3 aromatic rings. The van der Waals surface area contributed by atoms with Crippen LogP contribution in [0.25, 0.3) is 0 Å². The molecule has 0 saturated carbocycles. The van der Waals surface area contributed by atoms with E-state index in [4.69, 9.17) is 0 Å². The largest absolute Gasteiger partial charge is 0.416 e. The van der Waals surface area contributed by atoms with Crippen molar-refractivity contribution >= 4 is 30.7 Å². The van der Waals surface area contributed by atoms with Crippen LogP contribution in [-0.4, -0.2) is 52.9 Å². The summed E-state index contributed by atoms with van der Waals surface area (Å²) in [6.45, 7) is 1.20. The van der Waals surface area contributed by atoms with Crippen LogP contribution in [0, 0.1) is 11.6 Å². The fourth-order valence-electron chi connectivity index (χ4n) is 4.80. The number of carbonyl (C=O) groups excluding carboxylic acids is 1. The third kappa shape index (κ3) is 9.02. The molecular weight excluding hydrogens is 617 g/mol. The van der Waals surface area contributed by atoms with Crippen molar-refractivity contribution in [3.8, 4) is 0 Å². The molecule has 4 nitrogen and oxygen atoms in total. The summed E-state index contributed by atoms with van der Waals surface area (Å²) >= 11 is 0. The van der Waals surface area contributed by atoms with Gasteiger partial charge in [0.15, 0.2) is 11.6 Å². The normalized spacial score (nSPS) is 16.0. The standard InChI is InChI=1S/C28H25F8N3O.2ClH/c29-24-6-5-19(12-25(24)30)11-23-17-38(8-2-4-18-3-1-7-37-16-18)9-10-39(23)26(40)20-13-21(27(31,32)33)15-22(14-20)28(34,35)36;;/h1,3,5-7,12-16,23H,2,4,8-11,17H2;2*1H/t23-;;/m1../s1. The monoisotopic (exact) mass is 643 g/mol. The summed E-state index contributed by atoms with van der Waals surface area (Å²) in [6, 6.07) is 7.03. The van der Waals surface area contributed by atoms with E-state index in [1.165, 1.54) is 11.0 Å². The molecule has 0 bridgehead atoms. The molecule has 0 radical (unpaired) electrons. The fraction of sp³-hybridized carbons (Fsp3) is 0.357. The number of pyridine rings is 1. The Kier molecular flexibility index (Phi) is 12.1. The number of benzene rings is 2. The van der Waals surface area contributed by atoms with Crippen molar-refractivity contribution < 1.29 is 39.9 Å². The molecule has 42 heavy (non-hydrogen) atoms. The van der Waals surface area contributed by atoms with Crippen molar-refractivity contribution in [1.29, 1.82) is 0 Å². The molecule has 1 aliphatic heterocycles. The van der Waals surface area contributed by atoms with Gasteiger partial charge in [-0.3, -0.25) is 14.7 Å². The molecule has 0 unspecified atom stereocenters. The highest BCUT2D eigenvalue weighted by atomic mass is 35.5. The third-order valence-electron chi connectivity index (χ3n) is 6.78. The predicted molar refractivity (Wildman–Crippen MR) is 145 cm³/mol. The highest BCUT2D eigenvalue weighted by Gasteiger charge is 2.39. The third-order valence-corrected chi connectivity index (χ3v) is 6.78. The average Bonchev–Trinajstić information content (AvgIpc) is 2.90. The van der Waals surface area contributed by atoms with Crippen LogP contribution in [0.3, 0.4) is 0 Å². The van der Waals surface area contributed by atoms with Gasteiger partial charge in [0, 0.05) is 43.6 Å². The van der Waals surface area contributed by atoms with Gasteiger partial charge in [-0.1, -0.05) is 12.1 Å². The number of halogens is 10. The number of nitrogens with zero attached hydrogens (tertiary/aromatic N) is 3. The zero-order valence-corrected chi connectivity index (χ0v) is 23.5. The minimum Gasteiger partial charge on any atom is -0.333 e. The lowest BCUT2D eigenvalue weighted by Gasteiger charge is -2.42. The first kappa shape index (κ1) is 35.2. The molecule has 1 aliphatic rings. The van der Waals surface area contributed by atoms with E-state index in [0.717, 1.165) is 30.5 Å². The molecule has 2 heterocycles. The summed E-state index contributed by atoms with van der Waals surface area (Å²) < 4.78 is 108. The maximum Gasteiger partial charge on any atom is 0.416 e. The Balaban J connectivity index is 0.00000308. The molecule has 14 heteroatoms. The van der Waals surface area contributed by atoms with E-state index in [1.807, 2.05) is 17.0 Å². The molecule has 1 aromatic heterocycles. The zero-order valence-electron chi connectivity index (χ0n) is 21.9. The Bertz CT molecular complexity index is 1310. The highest BCUT2D eigenvalue weighted by Crippen LogP contribution is 2.37. The van der Waals surface area contributed by atoms with E-state index in [-0.39, 0.29) is 50.4 Å². The van der Waals surface area contributed by atoms with Gasteiger partial charge in [-0.2, -0.15) is 26.3 Å². The molecule has 0 aliphatic carbocycles. The molecule has 0 spiro atoms. The average molecular weight is 644 g/mol. The number of aryl methyl sites for hydroxylation is 1. The highest BCUT2D eigenvalue weighted by molar-refractivity contribution is 5.95. The predicted octanol–water partition coefficient (Wildman–Crippen LogP) is 7.24. The van der Waals surface area contributed by atoms with E-state index in [1.54, 1.807) is 12.4 Å². The molecule has 1 fully saturated rings. The minimum absolute atomic E-state index is 0. The van der Waals surface area contributed by atoms with Crippen molar-refractivity contribution in [3.05, 3.63) is 100 Å². The fourth-order valence-corrected chi connectivity index (χ4v) is 4.80. The minimum atomic E-state index is -5.10. The van der Waals surface area contributed by atoms with E-state index in [9.17, 15) is 39.9 Å². The molecule has 230 valence electrons. The lowest BCUT2D eigenvalue weighted by molar-refractivity contribution is -0.143. The van der Waals surface area contributed by atoms with Gasteiger partial charge in [0.2, 0.25) is 0 Å². The summed E-state index contributed by atoms with van der Waals surface area (Å²) in [4.78, 5) is 20.7. The van der Waals surface area contributed by atoms with Crippen molar-refractivity contribution in [2.75, 3.05) is 26.2 Å². The first-order valence-electron chi connectivity index (χ1n) is 12.5. The molecule has 1 atom stereocenters. The van der Waals surface area contributed by atoms with Gasteiger partial charge in [-0.05, 0) is 73.3 Å². The second-order valence-corrected chi connectivity index (χ2v) is 9.66. The van der Waals surface area contributed by atoms with Gasteiger partial charge in [-0.15, -0.1) is 24.8 Å². The molecule has 1 saturated heterocycles. The van der Waals surface area contributed by atoms with Crippen LogP contribution in [0.5, 0.6) is 0 Å². The van der Waals surface area contributed by atoms with Crippen molar-refractivity contribution in [1.82, 2.24) is 14.8 Å². The van der Waals surface area contributed by atoms with Gasteiger partial charge in [0.1, 0.15) is 0 Å². The van der Waals surface area contributed by atoms with Gasteiger partial charge in [0.25, 0.3) is 5.91 Å². The van der Waals surface area contributed by atoms with Crippen LogP contribution in [0.15, 0.2) is 60.9 Å². The summed E-state index contributed by atoms with van der Waals surface area (Å²) in [5.41, 5.74) is -2.56. The Morgan fingerprint density at radius 1 is 0.857 bits per heavy atom. The maximum atomic E-state index is 13.9. The van der Waals surface area contributed by atoms with E-state index >= 15 is 0 Å². The second kappa shape index (κ2) is 14.5. The Hall–Kier alpha value is -2.96. The number of carbonyl (C=O) groups is 1. The molecule has 1 amide bonds. The van der Waals surface area contributed by atoms with Gasteiger partial charge in [0.05, 0.1) is 11.1 Å². The SMILES string of the molecule is Cl.Cl.O=C(c1cc(C(F)(F)F)cc(C(F)(F)F)c1)N1CCN(CCCc2cccnc2)C[C@H]1Cc1ccc(F)c(F)c1. The summed E-state index contributed by atoms with van der Waals surface area (Å²) in [5.74, 6) is -3.17. The van der Waals surface area contributed by atoms with Crippen LogP contribution in [0.2, 0.25) is 0 Å². The van der Waals surface area contributed by atoms with Crippen molar-refractivity contribution in [2.24, 2.45) is 0 Å². The number of aromatic nitrogens is 1. The topological polar surface area (TPSA) is 36.4 Å².